The molecule has 2 aliphatic rings. The first-order chi connectivity index (χ1) is 12.1. The minimum Gasteiger partial charge on any atom is -0.381 e. The maximum absolute atomic E-state index is 12.3. The van der Waals surface area contributed by atoms with Gasteiger partial charge >= 0.3 is 0 Å². The van der Waals surface area contributed by atoms with Gasteiger partial charge in [0.1, 0.15) is 0 Å². The number of nitrogens with zero attached hydrogens (tertiary/aromatic N) is 4. The maximum Gasteiger partial charge on any atom is 0.272 e. The molecule has 8 heteroatoms. The SMILES string of the molecule is CS[C@H]1CN(c2ccc(C(=O)NC3CCOCC3)nn2)C[C@@H]1N(C)C. The predicted molar refractivity (Wildman–Crippen MR) is 100 cm³/mol. The molecule has 1 N–H and O–H groups in total. The van der Waals surface area contributed by atoms with Gasteiger partial charge in [-0.3, -0.25) is 4.79 Å². The highest BCUT2D eigenvalue weighted by atomic mass is 32.2. The van der Waals surface area contributed by atoms with Crippen LogP contribution in [-0.4, -0.2) is 85.0 Å². The van der Waals surface area contributed by atoms with Gasteiger partial charge in [0.15, 0.2) is 11.5 Å². The Kier molecular flexibility index (Phi) is 6.14. The average Bonchev–Trinajstić information content (AvgIpc) is 3.07. The number of thioether (sulfide) groups is 1. The van der Waals surface area contributed by atoms with Crippen LogP contribution < -0.4 is 10.2 Å². The molecule has 7 nitrogen and oxygen atoms in total. The lowest BCUT2D eigenvalue weighted by Crippen LogP contribution is -2.39. The summed E-state index contributed by atoms with van der Waals surface area (Å²) in [5.41, 5.74) is 0.375. The van der Waals surface area contributed by atoms with Crippen LogP contribution in [0.15, 0.2) is 12.1 Å². The van der Waals surface area contributed by atoms with E-state index in [1.54, 1.807) is 6.07 Å². The van der Waals surface area contributed by atoms with Crippen LogP contribution in [0.5, 0.6) is 0 Å². The number of ether oxygens (including phenoxy) is 1. The summed E-state index contributed by atoms with van der Waals surface area (Å²) < 4.78 is 5.31. The van der Waals surface area contributed by atoms with E-state index in [0.29, 0.717) is 30.2 Å². The summed E-state index contributed by atoms with van der Waals surface area (Å²) in [7, 11) is 4.24. The molecule has 2 aliphatic heterocycles. The molecule has 3 heterocycles. The van der Waals surface area contributed by atoms with Crippen molar-refractivity contribution in [1.82, 2.24) is 20.4 Å². The van der Waals surface area contributed by atoms with Gasteiger partial charge in [-0.15, -0.1) is 10.2 Å². The molecular formula is C17H27N5O2S. The summed E-state index contributed by atoms with van der Waals surface area (Å²) in [6, 6.07) is 4.34. The number of anilines is 1. The molecule has 0 saturated carbocycles. The minimum absolute atomic E-state index is 0.152. The van der Waals surface area contributed by atoms with Crippen LogP contribution in [0.25, 0.3) is 0 Å². The second kappa shape index (κ2) is 8.33. The van der Waals surface area contributed by atoms with Crippen molar-refractivity contribution in [1.29, 1.82) is 0 Å². The van der Waals surface area contributed by atoms with Crippen molar-refractivity contribution in [3.05, 3.63) is 17.8 Å². The number of carbonyl (C=O) groups excluding carboxylic acids is 1. The molecule has 1 aromatic rings. The summed E-state index contributed by atoms with van der Waals surface area (Å²) in [6.45, 7) is 3.29. The van der Waals surface area contributed by atoms with E-state index in [4.69, 9.17) is 4.74 Å². The molecule has 1 aromatic heterocycles. The Hall–Kier alpha value is -1.38. The highest BCUT2D eigenvalue weighted by molar-refractivity contribution is 7.99. The smallest absolute Gasteiger partial charge is 0.272 e. The van der Waals surface area contributed by atoms with Crippen LogP contribution in [0.1, 0.15) is 23.3 Å². The Morgan fingerprint density at radius 3 is 2.60 bits per heavy atom. The van der Waals surface area contributed by atoms with E-state index < -0.39 is 0 Å². The number of amides is 1. The molecule has 138 valence electrons. The number of hydrogen-bond acceptors (Lipinski definition) is 7. The molecule has 0 aliphatic carbocycles. The molecule has 2 atom stereocenters. The normalized spacial score (nSPS) is 24.7. The van der Waals surface area contributed by atoms with Gasteiger partial charge in [0, 0.05) is 43.6 Å². The zero-order chi connectivity index (χ0) is 17.8. The van der Waals surface area contributed by atoms with Crippen molar-refractivity contribution in [2.45, 2.75) is 30.2 Å². The van der Waals surface area contributed by atoms with Crippen molar-refractivity contribution < 1.29 is 9.53 Å². The number of hydrogen-bond donors (Lipinski definition) is 1. The molecule has 1 amide bonds. The van der Waals surface area contributed by atoms with Gasteiger partial charge < -0.3 is 19.9 Å². The third-order valence-corrected chi connectivity index (χ3v) is 6.04. The van der Waals surface area contributed by atoms with E-state index >= 15 is 0 Å². The fourth-order valence-electron chi connectivity index (χ4n) is 3.39. The van der Waals surface area contributed by atoms with E-state index in [-0.39, 0.29) is 11.9 Å². The summed E-state index contributed by atoms with van der Waals surface area (Å²) in [5.74, 6) is 0.687. The zero-order valence-corrected chi connectivity index (χ0v) is 16.0. The molecule has 0 radical (unpaired) electrons. The first kappa shape index (κ1) is 18.4. The number of rotatable bonds is 5. The first-order valence-corrected chi connectivity index (χ1v) is 10.0. The maximum atomic E-state index is 12.3. The van der Waals surface area contributed by atoms with Gasteiger partial charge in [-0.25, -0.2) is 0 Å². The second-order valence-corrected chi connectivity index (χ2v) is 7.92. The zero-order valence-electron chi connectivity index (χ0n) is 15.1. The number of aromatic nitrogens is 2. The van der Waals surface area contributed by atoms with Crippen molar-refractivity contribution >= 4 is 23.5 Å². The lowest BCUT2D eigenvalue weighted by molar-refractivity contribution is 0.0693. The van der Waals surface area contributed by atoms with Crippen LogP contribution in [0.2, 0.25) is 0 Å². The Morgan fingerprint density at radius 1 is 1.28 bits per heavy atom. The highest BCUT2D eigenvalue weighted by Gasteiger charge is 2.34. The summed E-state index contributed by atoms with van der Waals surface area (Å²) >= 11 is 1.89. The topological polar surface area (TPSA) is 70.6 Å². The van der Waals surface area contributed by atoms with Crippen LogP contribution >= 0.6 is 11.8 Å². The molecule has 0 unspecified atom stereocenters. The monoisotopic (exact) mass is 365 g/mol. The summed E-state index contributed by atoms with van der Waals surface area (Å²) in [5, 5.41) is 12.0. The van der Waals surface area contributed by atoms with Crippen molar-refractivity contribution in [2.75, 3.05) is 51.6 Å². The standard InChI is InChI=1S/C17H27N5O2S/c1-21(2)14-10-22(11-15(14)25-3)16-5-4-13(19-20-16)17(23)18-12-6-8-24-9-7-12/h4-5,12,14-15H,6-11H2,1-3H3,(H,18,23)/t14-,15-/m0/s1. The summed E-state index contributed by atoms with van der Waals surface area (Å²) in [6.07, 6.45) is 3.86. The molecule has 3 rings (SSSR count). The number of likely N-dealkylation sites (N-methyl/N-ethyl adjacent to an activating group) is 1. The molecule has 2 fully saturated rings. The molecule has 0 bridgehead atoms. The summed E-state index contributed by atoms with van der Waals surface area (Å²) in [4.78, 5) is 16.8. The first-order valence-electron chi connectivity index (χ1n) is 8.75. The third-order valence-electron chi connectivity index (χ3n) is 4.97. The van der Waals surface area contributed by atoms with Gasteiger partial charge in [-0.1, -0.05) is 0 Å². The number of nitrogens with one attached hydrogen (secondary N) is 1. The van der Waals surface area contributed by atoms with Crippen LogP contribution in [0, 0.1) is 0 Å². The van der Waals surface area contributed by atoms with Gasteiger partial charge in [-0.2, -0.15) is 11.8 Å². The van der Waals surface area contributed by atoms with E-state index in [1.807, 2.05) is 17.8 Å². The highest BCUT2D eigenvalue weighted by Crippen LogP contribution is 2.27. The molecule has 2 saturated heterocycles. The Balaban J connectivity index is 1.61. The van der Waals surface area contributed by atoms with Crippen molar-refractivity contribution in [2.24, 2.45) is 0 Å². The van der Waals surface area contributed by atoms with Gasteiger partial charge in [0.05, 0.1) is 0 Å². The lowest BCUT2D eigenvalue weighted by atomic mass is 10.1. The van der Waals surface area contributed by atoms with Gasteiger partial charge in [0.25, 0.3) is 5.91 Å². The van der Waals surface area contributed by atoms with E-state index in [1.165, 1.54) is 0 Å². The molecule has 0 spiro atoms. The second-order valence-electron chi connectivity index (χ2n) is 6.85. The van der Waals surface area contributed by atoms with Crippen molar-refractivity contribution in [3.63, 3.8) is 0 Å². The lowest BCUT2D eigenvalue weighted by Gasteiger charge is -2.23. The third kappa shape index (κ3) is 4.43. The van der Waals surface area contributed by atoms with Crippen LogP contribution in [-0.2, 0) is 4.74 Å². The van der Waals surface area contributed by atoms with E-state index in [0.717, 1.165) is 31.7 Å². The van der Waals surface area contributed by atoms with Gasteiger partial charge in [0.2, 0.25) is 0 Å². The van der Waals surface area contributed by atoms with E-state index in [2.05, 4.69) is 45.7 Å². The minimum atomic E-state index is -0.152. The van der Waals surface area contributed by atoms with Crippen LogP contribution in [0.4, 0.5) is 5.82 Å². The van der Waals surface area contributed by atoms with E-state index in [9.17, 15) is 4.79 Å². The fourth-order valence-corrected chi connectivity index (χ4v) is 4.36. The Bertz CT molecular complexity index is 577. The van der Waals surface area contributed by atoms with Crippen molar-refractivity contribution in [3.8, 4) is 0 Å². The quantitative estimate of drug-likeness (QED) is 0.830. The predicted octanol–water partition coefficient (Wildman–Crippen LogP) is 0.867. The molecule has 0 aromatic carbocycles. The van der Waals surface area contributed by atoms with Gasteiger partial charge in [-0.05, 0) is 45.3 Å². The fraction of sp³-hybridized carbons (Fsp3) is 0.706. The molecule has 25 heavy (non-hydrogen) atoms. The Labute approximate surface area is 153 Å². The average molecular weight is 366 g/mol. The number of carbonyl (C=O) groups is 1. The largest absolute Gasteiger partial charge is 0.381 e. The molecular weight excluding hydrogens is 338 g/mol. The van der Waals surface area contributed by atoms with Crippen LogP contribution in [0.3, 0.4) is 0 Å². The Morgan fingerprint density at radius 2 is 2.04 bits per heavy atom.